The molecule has 1 N–H and O–H groups in total. The van der Waals surface area contributed by atoms with Crippen molar-refractivity contribution in [3.05, 3.63) is 0 Å². The highest BCUT2D eigenvalue weighted by atomic mass is 15.2. The van der Waals surface area contributed by atoms with Gasteiger partial charge in [-0.05, 0) is 51.1 Å². The van der Waals surface area contributed by atoms with E-state index >= 15 is 0 Å². The summed E-state index contributed by atoms with van der Waals surface area (Å²) in [6.07, 6.45) is 8.28. The van der Waals surface area contributed by atoms with E-state index in [1.54, 1.807) is 0 Å². The predicted molar refractivity (Wildman–Crippen MR) is 76.4 cm³/mol. The van der Waals surface area contributed by atoms with Crippen molar-refractivity contribution in [2.24, 2.45) is 5.92 Å². The zero-order chi connectivity index (χ0) is 12.5. The van der Waals surface area contributed by atoms with Crippen molar-refractivity contribution in [2.75, 3.05) is 26.2 Å². The van der Waals surface area contributed by atoms with Crippen LogP contribution in [0.1, 0.15) is 59.3 Å². The minimum atomic E-state index is 0.850. The molecule has 0 spiro atoms. The van der Waals surface area contributed by atoms with Crippen molar-refractivity contribution in [3.8, 4) is 0 Å². The molecule has 102 valence electrons. The smallest absolute Gasteiger partial charge is 0.0110 e. The van der Waals surface area contributed by atoms with Crippen LogP contribution in [-0.4, -0.2) is 37.1 Å². The second kappa shape index (κ2) is 8.93. The summed E-state index contributed by atoms with van der Waals surface area (Å²) in [4.78, 5) is 2.69. The van der Waals surface area contributed by atoms with Crippen molar-refractivity contribution in [2.45, 2.75) is 65.3 Å². The van der Waals surface area contributed by atoms with Crippen LogP contribution in [0.5, 0.6) is 0 Å². The Morgan fingerprint density at radius 3 is 2.76 bits per heavy atom. The molecule has 1 saturated heterocycles. The van der Waals surface area contributed by atoms with E-state index in [0.29, 0.717) is 0 Å². The number of nitrogens with one attached hydrogen (secondary N) is 1. The zero-order valence-electron chi connectivity index (χ0n) is 12.2. The van der Waals surface area contributed by atoms with E-state index in [-0.39, 0.29) is 0 Å². The first-order valence-corrected chi connectivity index (χ1v) is 7.68. The number of nitrogens with zero attached hydrogens (tertiary/aromatic N) is 1. The van der Waals surface area contributed by atoms with Gasteiger partial charge in [-0.3, -0.25) is 4.90 Å². The second-order valence-corrected chi connectivity index (χ2v) is 5.88. The van der Waals surface area contributed by atoms with E-state index in [2.05, 4.69) is 31.0 Å². The van der Waals surface area contributed by atoms with Crippen LogP contribution >= 0.6 is 0 Å². The first-order valence-electron chi connectivity index (χ1n) is 7.68. The molecule has 0 aliphatic carbocycles. The van der Waals surface area contributed by atoms with Gasteiger partial charge in [0.2, 0.25) is 0 Å². The van der Waals surface area contributed by atoms with Gasteiger partial charge in [-0.15, -0.1) is 0 Å². The fourth-order valence-corrected chi connectivity index (χ4v) is 2.80. The van der Waals surface area contributed by atoms with Crippen LogP contribution in [0.25, 0.3) is 0 Å². The molecular formula is C15H32N2. The Kier molecular flexibility index (Phi) is 7.87. The van der Waals surface area contributed by atoms with Crippen LogP contribution in [0.3, 0.4) is 0 Å². The predicted octanol–water partition coefficient (Wildman–Crippen LogP) is 3.28. The molecule has 0 radical (unpaired) electrons. The summed E-state index contributed by atoms with van der Waals surface area (Å²) in [5, 5.41) is 3.59. The van der Waals surface area contributed by atoms with Crippen LogP contribution in [0.15, 0.2) is 0 Å². The average Bonchev–Trinajstić information content (AvgIpc) is 2.33. The first-order chi connectivity index (χ1) is 8.24. The molecule has 2 heteroatoms. The van der Waals surface area contributed by atoms with Gasteiger partial charge in [0, 0.05) is 19.1 Å². The molecule has 1 fully saturated rings. The molecule has 2 nitrogen and oxygen atoms in total. The van der Waals surface area contributed by atoms with Gasteiger partial charge in [-0.1, -0.05) is 27.2 Å². The van der Waals surface area contributed by atoms with Gasteiger partial charge in [0.1, 0.15) is 0 Å². The van der Waals surface area contributed by atoms with Crippen LogP contribution in [0.2, 0.25) is 0 Å². The minimum absolute atomic E-state index is 0.850. The fraction of sp³-hybridized carbons (Fsp3) is 1.00. The SMILES string of the molecule is CCC1CCCCN1CCNCCCC(C)C. The summed E-state index contributed by atoms with van der Waals surface area (Å²) < 4.78 is 0. The lowest BCUT2D eigenvalue weighted by molar-refractivity contribution is 0.145. The molecule has 0 aromatic carbocycles. The zero-order valence-corrected chi connectivity index (χ0v) is 12.2. The molecule has 1 rings (SSSR count). The normalized spacial score (nSPS) is 22.2. The molecule has 0 saturated carbocycles. The number of rotatable bonds is 8. The van der Waals surface area contributed by atoms with E-state index in [1.807, 2.05) is 0 Å². The van der Waals surface area contributed by atoms with Gasteiger partial charge in [-0.2, -0.15) is 0 Å². The Labute approximate surface area is 108 Å². The molecule has 1 heterocycles. The van der Waals surface area contributed by atoms with Gasteiger partial charge >= 0.3 is 0 Å². The van der Waals surface area contributed by atoms with Crippen LogP contribution < -0.4 is 5.32 Å². The molecule has 1 aliphatic heterocycles. The van der Waals surface area contributed by atoms with E-state index in [4.69, 9.17) is 0 Å². The Bertz CT molecular complexity index is 180. The van der Waals surface area contributed by atoms with Gasteiger partial charge in [0.15, 0.2) is 0 Å². The van der Waals surface area contributed by atoms with E-state index in [9.17, 15) is 0 Å². The third kappa shape index (κ3) is 6.42. The van der Waals surface area contributed by atoms with Gasteiger partial charge in [-0.25, -0.2) is 0 Å². The third-order valence-electron chi connectivity index (χ3n) is 3.93. The quantitative estimate of drug-likeness (QED) is 0.655. The minimum Gasteiger partial charge on any atom is -0.315 e. The van der Waals surface area contributed by atoms with Crippen molar-refractivity contribution in [1.29, 1.82) is 0 Å². The Balaban J connectivity index is 2.01. The van der Waals surface area contributed by atoms with Crippen LogP contribution in [0.4, 0.5) is 0 Å². The largest absolute Gasteiger partial charge is 0.315 e. The topological polar surface area (TPSA) is 15.3 Å². The van der Waals surface area contributed by atoms with E-state index < -0.39 is 0 Å². The van der Waals surface area contributed by atoms with Crippen LogP contribution in [-0.2, 0) is 0 Å². The van der Waals surface area contributed by atoms with Gasteiger partial charge in [0.25, 0.3) is 0 Å². The van der Waals surface area contributed by atoms with Crippen molar-refractivity contribution in [1.82, 2.24) is 10.2 Å². The maximum atomic E-state index is 3.59. The van der Waals surface area contributed by atoms with Crippen molar-refractivity contribution < 1.29 is 0 Å². The molecule has 1 unspecified atom stereocenters. The third-order valence-corrected chi connectivity index (χ3v) is 3.93. The van der Waals surface area contributed by atoms with E-state index in [1.165, 1.54) is 64.7 Å². The molecule has 17 heavy (non-hydrogen) atoms. The van der Waals surface area contributed by atoms with Crippen molar-refractivity contribution in [3.63, 3.8) is 0 Å². The van der Waals surface area contributed by atoms with Crippen molar-refractivity contribution >= 4 is 0 Å². The number of hydrogen-bond acceptors (Lipinski definition) is 2. The lowest BCUT2D eigenvalue weighted by Gasteiger charge is -2.35. The van der Waals surface area contributed by atoms with Crippen LogP contribution in [0, 0.1) is 5.92 Å². The summed E-state index contributed by atoms with van der Waals surface area (Å²) in [5.41, 5.74) is 0. The fourth-order valence-electron chi connectivity index (χ4n) is 2.80. The highest BCUT2D eigenvalue weighted by molar-refractivity contribution is 4.76. The highest BCUT2D eigenvalue weighted by Crippen LogP contribution is 2.18. The maximum Gasteiger partial charge on any atom is 0.0110 e. The first kappa shape index (κ1) is 15.0. The maximum absolute atomic E-state index is 3.59. The summed E-state index contributed by atoms with van der Waals surface area (Å²) in [7, 11) is 0. The lowest BCUT2D eigenvalue weighted by Crippen LogP contribution is -2.42. The molecule has 0 aromatic heterocycles. The molecule has 0 aromatic rings. The number of piperidine rings is 1. The van der Waals surface area contributed by atoms with E-state index in [0.717, 1.165) is 12.0 Å². The Hall–Kier alpha value is -0.0800. The number of likely N-dealkylation sites (tertiary alicyclic amines) is 1. The molecule has 1 aliphatic rings. The van der Waals surface area contributed by atoms with Gasteiger partial charge in [0.05, 0.1) is 0 Å². The summed E-state index contributed by atoms with van der Waals surface area (Å²) in [5.74, 6) is 0.850. The average molecular weight is 240 g/mol. The highest BCUT2D eigenvalue weighted by Gasteiger charge is 2.19. The monoisotopic (exact) mass is 240 g/mol. The molecule has 0 bridgehead atoms. The Morgan fingerprint density at radius 2 is 2.06 bits per heavy atom. The Morgan fingerprint density at radius 1 is 1.24 bits per heavy atom. The number of hydrogen-bond donors (Lipinski definition) is 1. The van der Waals surface area contributed by atoms with Gasteiger partial charge < -0.3 is 5.32 Å². The molecule has 0 amide bonds. The standard InChI is InChI=1S/C15H32N2/c1-4-15-9-5-6-12-17(15)13-11-16-10-7-8-14(2)3/h14-16H,4-13H2,1-3H3. The second-order valence-electron chi connectivity index (χ2n) is 5.88. The summed E-state index contributed by atoms with van der Waals surface area (Å²) in [6, 6.07) is 0.862. The molecule has 1 atom stereocenters. The summed E-state index contributed by atoms with van der Waals surface area (Å²) >= 11 is 0. The molecular weight excluding hydrogens is 208 g/mol. The summed E-state index contributed by atoms with van der Waals surface area (Å²) in [6.45, 7) is 11.9. The lowest BCUT2D eigenvalue weighted by atomic mass is 10.0.